The van der Waals surface area contributed by atoms with Crippen LogP contribution in [0.1, 0.15) is 13.3 Å². The maximum absolute atomic E-state index is 12.8. The molecule has 80 valence electrons. The van der Waals surface area contributed by atoms with Crippen molar-refractivity contribution in [3.05, 3.63) is 41.9 Å². The summed E-state index contributed by atoms with van der Waals surface area (Å²) in [6.07, 6.45) is 1.62. The summed E-state index contributed by atoms with van der Waals surface area (Å²) in [5.74, 6) is -1.37. The molecule has 4 heteroatoms. The number of anilines is 1. The third kappa shape index (κ3) is 3.81. The minimum Gasteiger partial charge on any atom is -0.478 e. The van der Waals surface area contributed by atoms with E-state index in [-0.39, 0.29) is 5.82 Å². The van der Waals surface area contributed by atoms with E-state index in [0.717, 1.165) is 6.08 Å². The smallest absolute Gasteiger partial charge is 0.330 e. The van der Waals surface area contributed by atoms with Gasteiger partial charge in [0.25, 0.3) is 0 Å². The summed E-state index contributed by atoms with van der Waals surface area (Å²) < 4.78 is 12.8. The Morgan fingerprint density at radius 1 is 1.60 bits per heavy atom. The van der Waals surface area contributed by atoms with Crippen molar-refractivity contribution >= 4 is 11.7 Å². The molecule has 0 aromatic heterocycles. The van der Waals surface area contributed by atoms with Crippen LogP contribution in [-0.4, -0.2) is 11.1 Å². The van der Waals surface area contributed by atoms with E-state index in [4.69, 9.17) is 5.11 Å². The summed E-state index contributed by atoms with van der Waals surface area (Å²) in [5.41, 5.74) is 1.08. The molecule has 0 bridgehead atoms. The Hall–Kier alpha value is -1.84. The highest BCUT2D eigenvalue weighted by molar-refractivity contribution is 5.81. The van der Waals surface area contributed by atoms with E-state index in [1.54, 1.807) is 12.1 Å². The number of carbonyl (C=O) groups is 1. The zero-order chi connectivity index (χ0) is 11.3. The fraction of sp³-hybridized carbons (Fsp3) is 0.182. The zero-order valence-electron chi connectivity index (χ0n) is 8.33. The van der Waals surface area contributed by atoms with Gasteiger partial charge in [-0.2, -0.15) is 0 Å². The van der Waals surface area contributed by atoms with Gasteiger partial charge in [0.2, 0.25) is 0 Å². The average Bonchev–Trinajstić information content (AvgIpc) is 2.16. The van der Waals surface area contributed by atoms with Gasteiger partial charge in [0, 0.05) is 17.5 Å². The molecule has 0 fully saturated rings. The lowest BCUT2D eigenvalue weighted by Gasteiger charge is -2.07. The van der Waals surface area contributed by atoms with Crippen molar-refractivity contribution in [3.8, 4) is 0 Å². The Bertz CT molecular complexity index is 388. The molecule has 1 rings (SSSR count). The van der Waals surface area contributed by atoms with Gasteiger partial charge in [-0.3, -0.25) is 0 Å². The van der Waals surface area contributed by atoms with Gasteiger partial charge in [0.05, 0.1) is 0 Å². The first kappa shape index (κ1) is 11.2. The Kier molecular flexibility index (Phi) is 3.85. The van der Waals surface area contributed by atoms with E-state index in [0.29, 0.717) is 17.8 Å². The summed E-state index contributed by atoms with van der Waals surface area (Å²) in [7, 11) is 0. The molecular weight excluding hydrogens is 197 g/mol. The SMILES string of the molecule is CC/C(=C\C(=O)O)Nc1cccc(F)c1. The van der Waals surface area contributed by atoms with Crippen molar-refractivity contribution in [1.82, 2.24) is 0 Å². The molecule has 0 amide bonds. The van der Waals surface area contributed by atoms with Gasteiger partial charge in [0.1, 0.15) is 5.82 Å². The summed E-state index contributed by atoms with van der Waals surface area (Å²) in [6.45, 7) is 1.82. The van der Waals surface area contributed by atoms with Gasteiger partial charge in [-0.05, 0) is 24.6 Å². The van der Waals surface area contributed by atoms with Crippen LogP contribution in [0.2, 0.25) is 0 Å². The highest BCUT2D eigenvalue weighted by Crippen LogP contribution is 2.13. The number of allylic oxidation sites excluding steroid dienone is 1. The van der Waals surface area contributed by atoms with Crippen LogP contribution in [0.3, 0.4) is 0 Å². The number of nitrogens with one attached hydrogen (secondary N) is 1. The normalized spacial score (nSPS) is 11.2. The van der Waals surface area contributed by atoms with E-state index >= 15 is 0 Å². The second-order valence-corrected chi connectivity index (χ2v) is 3.00. The van der Waals surface area contributed by atoms with E-state index in [2.05, 4.69) is 5.32 Å². The first-order chi connectivity index (χ1) is 7.11. The summed E-state index contributed by atoms with van der Waals surface area (Å²) in [4.78, 5) is 10.4. The van der Waals surface area contributed by atoms with Crippen molar-refractivity contribution in [1.29, 1.82) is 0 Å². The number of benzene rings is 1. The molecule has 1 aromatic carbocycles. The van der Waals surface area contributed by atoms with Crippen molar-refractivity contribution in [2.45, 2.75) is 13.3 Å². The molecule has 0 heterocycles. The quantitative estimate of drug-likeness (QED) is 0.749. The van der Waals surface area contributed by atoms with Crippen LogP contribution in [-0.2, 0) is 4.79 Å². The van der Waals surface area contributed by atoms with E-state index in [1.165, 1.54) is 12.1 Å². The fourth-order valence-corrected chi connectivity index (χ4v) is 1.13. The molecule has 0 saturated carbocycles. The van der Waals surface area contributed by atoms with Gasteiger partial charge in [0.15, 0.2) is 0 Å². The van der Waals surface area contributed by atoms with Crippen LogP contribution in [0.15, 0.2) is 36.0 Å². The third-order valence-corrected chi connectivity index (χ3v) is 1.81. The van der Waals surface area contributed by atoms with Crippen molar-refractivity contribution in [3.63, 3.8) is 0 Å². The molecule has 0 aliphatic carbocycles. The monoisotopic (exact) mass is 209 g/mol. The predicted octanol–water partition coefficient (Wildman–Crippen LogP) is 2.62. The molecule has 2 N–H and O–H groups in total. The lowest BCUT2D eigenvalue weighted by molar-refractivity contribution is -0.131. The highest BCUT2D eigenvalue weighted by atomic mass is 19.1. The van der Waals surface area contributed by atoms with Gasteiger partial charge in [-0.25, -0.2) is 9.18 Å². The second kappa shape index (κ2) is 5.14. The van der Waals surface area contributed by atoms with Gasteiger partial charge in [-0.15, -0.1) is 0 Å². The highest BCUT2D eigenvalue weighted by Gasteiger charge is 1.99. The molecular formula is C11H12FNO2. The standard InChI is InChI=1S/C11H12FNO2/c1-2-9(7-11(14)15)13-10-5-3-4-8(12)6-10/h3-7,13H,2H2,1H3,(H,14,15)/b9-7+. The molecule has 0 aliphatic heterocycles. The fourth-order valence-electron chi connectivity index (χ4n) is 1.13. The summed E-state index contributed by atoms with van der Waals surface area (Å²) in [6, 6.07) is 5.88. The molecule has 15 heavy (non-hydrogen) atoms. The average molecular weight is 209 g/mol. The van der Waals surface area contributed by atoms with Crippen LogP contribution in [0.4, 0.5) is 10.1 Å². The van der Waals surface area contributed by atoms with Crippen molar-refractivity contribution in [2.24, 2.45) is 0 Å². The summed E-state index contributed by atoms with van der Waals surface area (Å²) in [5, 5.41) is 11.4. The maximum Gasteiger partial charge on any atom is 0.330 e. The molecule has 3 nitrogen and oxygen atoms in total. The van der Waals surface area contributed by atoms with Crippen LogP contribution in [0.25, 0.3) is 0 Å². The Balaban J connectivity index is 2.80. The Morgan fingerprint density at radius 2 is 2.33 bits per heavy atom. The number of carboxylic acids is 1. The molecule has 0 unspecified atom stereocenters. The summed E-state index contributed by atoms with van der Waals surface area (Å²) >= 11 is 0. The Morgan fingerprint density at radius 3 is 2.87 bits per heavy atom. The van der Waals surface area contributed by atoms with E-state index < -0.39 is 5.97 Å². The second-order valence-electron chi connectivity index (χ2n) is 3.00. The number of aliphatic carboxylic acids is 1. The molecule has 0 atom stereocenters. The van der Waals surface area contributed by atoms with Crippen LogP contribution in [0.5, 0.6) is 0 Å². The minimum atomic E-state index is -1.02. The largest absolute Gasteiger partial charge is 0.478 e. The van der Waals surface area contributed by atoms with E-state index in [1.807, 2.05) is 6.92 Å². The minimum absolute atomic E-state index is 0.356. The van der Waals surface area contributed by atoms with Gasteiger partial charge in [-0.1, -0.05) is 13.0 Å². The number of carboxylic acid groups (broad SMARTS) is 1. The lowest BCUT2D eigenvalue weighted by atomic mass is 10.2. The van der Waals surface area contributed by atoms with Gasteiger partial charge < -0.3 is 10.4 Å². The molecule has 0 spiro atoms. The van der Waals surface area contributed by atoms with Crippen LogP contribution in [0, 0.1) is 5.82 Å². The zero-order valence-corrected chi connectivity index (χ0v) is 8.33. The first-order valence-electron chi connectivity index (χ1n) is 4.58. The lowest BCUT2D eigenvalue weighted by Crippen LogP contribution is -2.02. The molecule has 0 radical (unpaired) electrons. The molecule has 0 saturated heterocycles. The molecule has 1 aromatic rings. The number of hydrogen-bond donors (Lipinski definition) is 2. The Labute approximate surface area is 87.2 Å². The molecule has 0 aliphatic rings. The maximum atomic E-state index is 12.8. The third-order valence-electron chi connectivity index (χ3n) is 1.81. The number of halogens is 1. The predicted molar refractivity (Wildman–Crippen MR) is 56.0 cm³/mol. The van der Waals surface area contributed by atoms with Crippen molar-refractivity contribution in [2.75, 3.05) is 5.32 Å². The number of hydrogen-bond acceptors (Lipinski definition) is 2. The van der Waals surface area contributed by atoms with Gasteiger partial charge >= 0.3 is 5.97 Å². The van der Waals surface area contributed by atoms with Crippen molar-refractivity contribution < 1.29 is 14.3 Å². The number of rotatable bonds is 4. The van der Waals surface area contributed by atoms with Crippen LogP contribution < -0.4 is 5.32 Å². The first-order valence-corrected chi connectivity index (χ1v) is 4.58. The topological polar surface area (TPSA) is 49.3 Å². The van der Waals surface area contributed by atoms with Crippen LogP contribution >= 0.6 is 0 Å². The van der Waals surface area contributed by atoms with E-state index in [9.17, 15) is 9.18 Å².